The van der Waals surface area contributed by atoms with Gasteiger partial charge in [0, 0.05) is 18.6 Å². The fourth-order valence-corrected chi connectivity index (χ4v) is 3.35. The maximum atomic E-state index is 13.0. The molecule has 0 unspecified atom stereocenters. The predicted molar refractivity (Wildman–Crippen MR) is 102 cm³/mol. The highest BCUT2D eigenvalue weighted by Gasteiger charge is 2.32. The monoisotopic (exact) mass is 353 g/mol. The molecule has 0 aromatic heterocycles. The SMILES string of the molecule is CC(C)(COC(=O)C(c1ccccc1)c1ccccc1)N1CCOCC1. The number of hydrogen-bond donors (Lipinski definition) is 0. The molecule has 138 valence electrons. The third kappa shape index (κ3) is 4.51. The Morgan fingerprint density at radius 2 is 1.50 bits per heavy atom. The Labute approximate surface area is 155 Å². The molecule has 2 aromatic carbocycles. The molecule has 2 aromatic rings. The third-order valence-electron chi connectivity index (χ3n) is 4.94. The first-order valence-electron chi connectivity index (χ1n) is 9.17. The van der Waals surface area contributed by atoms with E-state index in [2.05, 4.69) is 18.7 Å². The Balaban J connectivity index is 1.74. The zero-order valence-corrected chi connectivity index (χ0v) is 15.6. The number of morpholine rings is 1. The van der Waals surface area contributed by atoms with Crippen LogP contribution in [0, 0.1) is 0 Å². The number of benzene rings is 2. The van der Waals surface area contributed by atoms with Crippen LogP contribution in [0.2, 0.25) is 0 Å². The molecule has 0 atom stereocenters. The smallest absolute Gasteiger partial charge is 0.317 e. The lowest BCUT2D eigenvalue weighted by Crippen LogP contribution is -2.52. The minimum absolute atomic E-state index is 0.205. The van der Waals surface area contributed by atoms with Crippen LogP contribution in [0.3, 0.4) is 0 Å². The van der Waals surface area contributed by atoms with Crippen LogP contribution < -0.4 is 0 Å². The summed E-state index contributed by atoms with van der Waals surface area (Å²) in [4.78, 5) is 15.3. The lowest BCUT2D eigenvalue weighted by Gasteiger charge is -2.40. The van der Waals surface area contributed by atoms with Crippen molar-refractivity contribution in [3.63, 3.8) is 0 Å². The second kappa shape index (κ2) is 8.47. The van der Waals surface area contributed by atoms with Gasteiger partial charge in [-0.25, -0.2) is 0 Å². The summed E-state index contributed by atoms with van der Waals surface area (Å²) in [5.74, 6) is -0.610. The van der Waals surface area contributed by atoms with Gasteiger partial charge >= 0.3 is 5.97 Å². The summed E-state index contributed by atoms with van der Waals surface area (Å²) in [5.41, 5.74) is 1.69. The average molecular weight is 353 g/mol. The standard InChI is InChI=1S/C22H27NO3/c1-22(2,23-13-15-25-16-14-23)17-26-21(24)20(18-9-5-3-6-10-18)19-11-7-4-8-12-19/h3-12,20H,13-17H2,1-2H3. The second-order valence-electron chi connectivity index (χ2n) is 7.27. The topological polar surface area (TPSA) is 38.8 Å². The Hall–Kier alpha value is -2.17. The van der Waals surface area contributed by atoms with Gasteiger partial charge in [0.05, 0.1) is 13.2 Å². The summed E-state index contributed by atoms with van der Waals surface area (Å²) in [6.45, 7) is 7.79. The second-order valence-corrected chi connectivity index (χ2v) is 7.27. The van der Waals surface area contributed by atoms with Crippen molar-refractivity contribution in [2.75, 3.05) is 32.9 Å². The van der Waals surface area contributed by atoms with Gasteiger partial charge in [0.2, 0.25) is 0 Å². The predicted octanol–water partition coefficient (Wildman–Crippen LogP) is 3.47. The van der Waals surface area contributed by atoms with Crippen LogP contribution in [0.4, 0.5) is 0 Å². The van der Waals surface area contributed by atoms with Crippen LogP contribution in [0.15, 0.2) is 60.7 Å². The Morgan fingerprint density at radius 1 is 1.00 bits per heavy atom. The zero-order valence-electron chi connectivity index (χ0n) is 15.6. The van der Waals surface area contributed by atoms with E-state index in [0.717, 1.165) is 37.4 Å². The molecular weight excluding hydrogens is 326 g/mol. The zero-order chi connectivity index (χ0) is 18.4. The van der Waals surface area contributed by atoms with Gasteiger partial charge in [-0.1, -0.05) is 60.7 Å². The third-order valence-corrected chi connectivity index (χ3v) is 4.94. The van der Waals surface area contributed by atoms with Crippen molar-refractivity contribution < 1.29 is 14.3 Å². The molecule has 4 heteroatoms. The molecule has 1 aliphatic rings. The van der Waals surface area contributed by atoms with E-state index in [1.165, 1.54) is 0 Å². The van der Waals surface area contributed by atoms with Gasteiger partial charge in [0.25, 0.3) is 0 Å². The molecule has 0 radical (unpaired) electrons. The van der Waals surface area contributed by atoms with E-state index in [1.54, 1.807) is 0 Å². The number of esters is 1. The molecule has 0 N–H and O–H groups in total. The molecular formula is C22H27NO3. The van der Waals surface area contributed by atoms with Crippen molar-refractivity contribution in [2.45, 2.75) is 25.3 Å². The average Bonchev–Trinajstić information content (AvgIpc) is 2.69. The van der Waals surface area contributed by atoms with Crippen LogP contribution in [0.5, 0.6) is 0 Å². The number of carbonyl (C=O) groups is 1. The molecule has 0 saturated carbocycles. The largest absolute Gasteiger partial charge is 0.463 e. The van der Waals surface area contributed by atoms with Crippen LogP contribution in [0.1, 0.15) is 30.9 Å². The molecule has 0 aliphatic carbocycles. The number of carbonyl (C=O) groups excluding carboxylic acids is 1. The Morgan fingerprint density at radius 3 is 2.00 bits per heavy atom. The van der Waals surface area contributed by atoms with Crippen molar-refractivity contribution in [3.05, 3.63) is 71.8 Å². The minimum Gasteiger partial charge on any atom is -0.463 e. The fraction of sp³-hybridized carbons (Fsp3) is 0.409. The molecule has 0 bridgehead atoms. The molecule has 3 rings (SSSR count). The lowest BCUT2D eigenvalue weighted by atomic mass is 9.91. The highest BCUT2D eigenvalue weighted by Crippen LogP contribution is 2.27. The van der Waals surface area contributed by atoms with Crippen LogP contribution in [-0.2, 0) is 14.3 Å². The lowest BCUT2D eigenvalue weighted by molar-refractivity contribution is -0.149. The summed E-state index contributed by atoms with van der Waals surface area (Å²) in [6.07, 6.45) is 0. The maximum Gasteiger partial charge on any atom is 0.317 e. The number of hydrogen-bond acceptors (Lipinski definition) is 4. The summed E-state index contributed by atoms with van der Waals surface area (Å²) < 4.78 is 11.2. The van der Waals surface area contributed by atoms with E-state index in [9.17, 15) is 4.79 Å². The Bertz CT molecular complexity index is 654. The summed E-state index contributed by atoms with van der Waals surface area (Å²) >= 11 is 0. The van der Waals surface area contributed by atoms with Crippen LogP contribution in [-0.4, -0.2) is 49.3 Å². The molecule has 0 spiro atoms. The van der Waals surface area contributed by atoms with E-state index < -0.39 is 5.92 Å². The fourth-order valence-electron chi connectivity index (χ4n) is 3.35. The molecule has 1 fully saturated rings. The van der Waals surface area contributed by atoms with Gasteiger partial charge in [0.15, 0.2) is 0 Å². The number of rotatable bonds is 6. The first-order valence-corrected chi connectivity index (χ1v) is 9.17. The highest BCUT2D eigenvalue weighted by molar-refractivity contribution is 5.82. The molecule has 4 nitrogen and oxygen atoms in total. The van der Waals surface area contributed by atoms with E-state index in [0.29, 0.717) is 6.61 Å². The maximum absolute atomic E-state index is 13.0. The van der Waals surface area contributed by atoms with Crippen molar-refractivity contribution in [3.8, 4) is 0 Å². The molecule has 0 amide bonds. The summed E-state index contributed by atoms with van der Waals surface area (Å²) in [5, 5.41) is 0. The van der Waals surface area contributed by atoms with Gasteiger partial charge in [-0.15, -0.1) is 0 Å². The van der Waals surface area contributed by atoms with Gasteiger partial charge in [-0.2, -0.15) is 0 Å². The van der Waals surface area contributed by atoms with Crippen molar-refractivity contribution in [2.24, 2.45) is 0 Å². The van der Waals surface area contributed by atoms with Crippen molar-refractivity contribution in [1.82, 2.24) is 4.90 Å². The van der Waals surface area contributed by atoms with E-state index >= 15 is 0 Å². The quantitative estimate of drug-likeness (QED) is 0.746. The van der Waals surface area contributed by atoms with Crippen molar-refractivity contribution in [1.29, 1.82) is 0 Å². The van der Waals surface area contributed by atoms with E-state index in [4.69, 9.17) is 9.47 Å². The van der Waals surface area contributed by atoms with Crippen LogP contribution in [0.25, 0.3) is 0 Å². The molecule has 1 saturated heterocycles. The van der Waals surface area contributed by atoms with Gasteiger partial charge in [0.1, 0.15) is 12.5 Å². The number of ether oxygens (including phenoxy) is 2. The van der Waals surface area contributed by atoms with E-state index in [1.807, 2.05) is 60.7 Å². The first kappa shape index (κ1) is 18.6. The van der Waals surface area contributed by atoms with Crippen molar-refractivity contribution >= 4 is 5.97 Å². The normalized spacial score (nSPS) is 15.8. The molecule has 26 heavy (non-hydrogen) atoms. The summed E-state index contributed by atoms with van der Waals surface area (Å²) in [6, 6.07) is 19.6. The Kier molecular flexibility index (Phi) is 6.07. The van der Waals surface area contributed by atoms with E-state index in [-0.39, 0.29) is 11.5 Å². The number of nitrogens with zero attached hydrogens (tertiary/aromatic N) is 1. The highest BCUT2D eigenvalue weighted by atomic mass is 16.5. The summed E-state index contributed by atoms with van der Waals surface area (Å²) in [7, 11) is 0. The van der Waals surface area contributed by atoms with Crippen LogP contribution >= 0.6 is 0 Å². The van der Waals surface area contributed by atoms with Gasteiger partial charge in [-0.3, -0.25) is 9.69 Å². The first-order chi connectivity index (χ1) is 12.6. The van der Waals surface area contributed by atoms with Gasteiger partial charge < -0.3 is 9.47 Å². The minimum atomic E-state index is -0.405. The van der Waals surface area contributed by atoms with Gasteiger partial charge in [-0.05, 0) is 25.0 Å². The molecule has 1 heterocycles. The molecule has 1 aliphatic heterocycles.